The van der Waals surface area contributed by atoms with Gasteiger partial charge in [0.1, 0.15) is 0 Å². The van der Waals surface area contributed by atoms with Crippen LogP contribution in [0.15, 0.2) is 35.1 Å². The third-order valence-electron chi connectivity index (χ3n) is 3.70. The Balaban J connectivity index is 2.20. The number of aryl methyl sites for hydroxylation is 2. The highest BCUT2D eigenvalue weighted by molar-refractivity contribution is 9.10. The fraction of sp³-hybridized carbons (Fsp3) is 0.471. The van der Waals surface area contributed by atoms with Crippen LogP contribution in [-0.2, 0) is 13.0 Å². The molecule has 2 rings (SSSR count). The molecule has 21 heavy (non-hydrogen) atoms. The Hall–Kier alpha value is -1.13. The number of aromatic nitrogens is 2. The van der Waals surface area contributed by atoms with E-state index in [1.54, 1.807) is 0 Å². The minimum atomic E-state index is 0.340. The lowest BCUT2D eigenvalue weighted by Crippen LogP contribution is -2.24. The van der Waals surface area contributed by atoms with E-state index in [4.69, 9.17) is 0 Å². The van der Waals surface area contributed by atoms with Gasteiger partial charge in [-0.15, -0.1) is 0 Å². The van der Waals surface area contributed by atoms with E-state index in [0.717, 1.165) is 30.4 Å². The van der Waals surface area contributed by atoms with Crippen LogP contribution in [-0.4, -0.2) is 16.3 Å². The first kappa shape index (κ1) is 16.2. The average molecular weight is 350 g/mol. The zero-order valence-electron chi connectivity index (χ0n) is 13.1. The zero-order valence-corrected chi connectivity index (χ0v) is 14.7. The molecule has 2 aromatic rings. The van der Waals surface area contributed by atoms with Crippen molar-refractivity contribution in [2.75, 3.05) is 6.54 Å². The van der Waals surface area contributed by atoms with Crippen molar-refractivity contribution >= 4 is 15.9 Å². The third kappa shape index (κ3) is 4.42. The second-order valence-corrected chi connectivity index (χ2v) is 6.33. The summed E-state index contributed by atoms with van der Waals surface area (Å²) in [6.07, 6.45) is 6.25. The molecule has 0 spiro atoms. The molecular weight excluding hydrogens is 326 g/mol. The number of rotatable bonds is 7. The highest BCUT2D eigenvalue weighted by atomic mass is 79.9. The van der Waals surface area contributed by atoms with E-state index < -0.39 is 0 Å². The number of nitrogens with zero attached hydrogens (tertiary/aromatic N) is 2. The van der Waals surface area contributed by atoms with Crippen LogP contribution < -0.4 is 5.32 Å². The van der Waals surface area contributed by atoms with Crippen molar-refractivity contribution in [3.8, 4) is 0 Å². The highest BCUT2D eigenvalue weighted by Crippen LogP contribution is 2.24. The van der Waals surface area contributed by atoms with Gasteiger partial charge in [0, 0.05) is 23.3 Å². The minimum absolute atomic E-state index is 0.340. The fourth-order valence-electron chi connectivity index (χ4n) is 2.56. The van der Waals surface area contributed by atoms with Gasteiger partial charge in [-0.1, -0.05) is 28.9 Å². The van der Waals surface area contributed by atoms with Crippen LogP contribution in [0.25, 0.3) is 0 Å². The van der Waals surface area contributed by atoms with E-state index in [1.165, 1.54) is 16.7 Å². The number of hydrogen-bond donors (Lipinski definition) is 1. The summed E-state index contributed by atoms with van der Waals surface area (Å²) in [5.74, 6) is 0. The monoisotopic (exact) mass is 349 g/mol. The molecule has 114 valence electrons. The standard InChI is InChI=1S/C17H24BrN3/c1-4-8-19-17(10-14-11-20-21(5-2)12-14)16-7-6-15(18)9-13(16)3/h6-7,9,11-12,17,19H,4-5,8,10H2,1-3H3. The van der Waals surface area contributed by atoms with Crippen LogP contribution in [0.3, 0.4) is 0 Å². The van der Waals surface area contributed by atoms with E-state index in [0.29, 0.717) is 6.04 Å². The third-order valence-corrected chi connectivity index (χ3v) is 4.19. The first-order chi connectivity index (χ1) is 10.1. The van der Waals surface area contributed by atoms with E-state index in [-0.39, 0.29) is 0 Å². The fourth-order valence-corrected chi connectivity index (χ4v) is 3.04. The lowest BCUT2D eigenvalue weighted by Gasteiger charge is -2.20. The number of benzene rings is 1. The average Bonchev–Trinajstić information content (AvgIpc) is 2.91. The molecular formula is C17H24BrN3. The lowest BCUT2D eigenvalue weighted by atomic mass is 9.96. The SMILES string of the molecule is CCCNC(Cc1cnn(CC)c1)c1ccc(Br)cc1C. The minimum Gasteiger partial charge on any atom is -0.310 e. The Morgan fingerprint density at radius 2 is 2.14 bits per heavy atom. The van der Waals surface area contributed by atoms with E-state index >= 15 is 0 Å². The van der Waals surface area contributed by atoms with Crippen molar-refractivity contribution in [2.24, 2.45) is 0 Å². The zero-order chi connectivity index (χ0) is 15.2. The van der Waals surface area contributed by atoms with Crippen molar-refractivity contribution in [1.82, 2.24) is 15.1 Å². The van der Waals surface area contributed by atoms with Gasteiger partial charge in [0.25, 0.3) is 0 Å². The van der Waals surface area contributed by atoms with Gasteiger partial charge in [-0.3, -0.25) is 4.68 Å². The van der Waals surface area contributed by atoms with Crippen LogP contribution in [0.1, 0.15) is 43.0 Å². The molecule has 1 aromatic carbocycles. The van der Waals surface area contributed by atoms with E-state index in [1.807, 2.05) is 10.9 Å². The molecule has 1 aromatic heterocycles. The molecule has 0 aliphatic rings. The smallest absolute Gasteiger partial charge is 0.0522 e. The molecule has 1 unspecified atom stereocenters. The summed E-state index contributed by atoms with van der Waals surface area (Å²) in [7, 11) is 0. The Morgan fingerprint density at radius 3 is 2.76 bits per heavy atom. The van der Waals surface area contributed by atoms with Crippen molar-refractivity contribution in [1.29, 1.82) is 0 Å². The number of hydrogen-bond acceptors (Lipinski definition) is 2. The maximum atomic E-state index is 4.38. The summed E-state index contributed by atoms with van der Waals surface area (Å²) >= 11 is 3.54. The quantitative estimate of drug-likeness (QED) is 0.809. The van der Waals surface area contributed by atoms with Gasteiger partial charge in [0.05, 0.1) is 6.20 Å². The van der Waals surface area contributed by atoms with Crippen molar-refractivity contribution in [3.05, 3.63) is 51.8 Å². The van der Waals surface area contributed by atoms with E-state index in [9.17, 15) is 0 Å². The molecule has 1 atom stereocenters. The first-order valence-electron chi connectivity index (χ1n) is 7.64. The maximum Gasteiger partial charge on any atom is 0.0522 e. The normalized spacial score (nSPS) is 12.6. The van der Waals surface area contributed by atoms with Gasteiger partial charge >= 0.3 is 0 Å². The largest absolute Gasteiger partial charge is 0.310 e. The summed E-state index contributed by atoms with van der Waals surface area (Å²) in [5.41, 5.74) is 3.98. The van der Waals surface area contributed by atoms with Crippen molar-refractivity contribution in [3.63, 3.8) is 0 Å². The van der Waals surface area contributed by atoms with Gasteiger partial charge in [-0.25, -0.2) is 0 Å². The lowest BCUT2D eigenvalue weighted by molar-refractivity contribution is 0.526. The molecule has 1 N–H and O–H groups in total. The summed E-state index contributed by atoms with van der Waals surface area (Å²) in [6.45, 7) is 8.44. The van der Waals surface area contributed by atoms with Gasteiger partial charge in [0.2, 0.25) is 0 Å². The van der Waals surface area contributed by atoms with Crippen LogP contribution in [0.2, 0.25) is 0 Å². The summed E-state index contributed by atoms with van der Waals surface area (Å²) in [6, 6.07) is 6.87. The van der Waals surface area contributed by atoms with Gasteiger partial charge < -0.3 is 5.32 Å². The summed E-state index contributed by atoms with van der Waals surface area (Å²) in [5, 5.41) is 8.05. The van der Waals surface area contributed by atoms with Gasteiger partial charge in [-0.05, 0) is 62.1 Å². The number of nitrogens with one attached hydrogen (secondary N) is 1. The molecule has 0 aliphatic heterocycles. The highest BCUT2D eigenvalue weighted by Gasteiger charge is 2.15. The topological polar surface area (TPSA) is 29.9 Å². The number of halogens is 1. The Morgan fingerprint density at radius 1 is 1.33 bits per heavy atom. The van der Waals surface area contributed by atoms with Crippen LogP contribution in [0.5, 0.6) is 0 Å². The summed E-state index contributed by atoms with van der Waals surface area (Å²) < 4.78 is 3.12. The molecule has 3 nitrogen and oxygen atoms in total. The molecule has 0 amide bonds. The maximum absolute atomic E-state index is 4.38. The molecule has 0 bridgehead atoms. The summed E-state index contributed by atoms with van der Waals surface area (Å²) in [4.78, 5) is 0. The van der Waals surface area contributed by atoms with Crippen LogP contribution in [0.4, 0.5) is 0 Å². The molecule has 0 radical (unpaired) electrons. The molecule has 0 saturated carbocycles. The molecule has 0 aliphatic carbocycles. The second kappa shape index (κ2) is 7.76. The van der Waals surface area contributed by atoms with Crippen molar-refractivity contribution < 1.29 is 0 Å². The van der Waals surface area contributed by atoms with Gasteiger partial charge in [0.15, 0.2) is 0 Å². The Kier molecular flexibility index (Phi) is 6.00. The Bertz CT molecular complexity index is 577. The van der Waals surface area contributed by atoms with Crippen molar-refractivity contribution in [2.45, 2.75) is 46.2 Å². The molecule has 0 fully saturated rings. The van der Waals surface area contributed by atoms with Crippen LogP contribution in [0, 0.1) is 6.92 Å². The molecule has 4 heteroatoms. The molecule has 0 saturated heterocycles. The van der Waals surface area contributed by atoms with Crippen LogP contribution >= 0.6 is 15.9 Å². The van der Waals surface area contributed by atoms with Gasteiger partial charge in [-0.2, -0.15) is 5.10 Å². The first-order valence-corrected chi connectivity index (χ1v) is 8.44. The Labute approximate surface area is 135 Å². The predicted molar refractivity (Wildman–Crippen MR) is 91.5 cm³/mol. The van der Waals surface area contributed by atoms with E-state index in [2.05, 4.69) is 71.5 Å². The molecule has 1 heterocycles. The predicted octanol–water partition coefficient (Wildman–Crippen LogP) is 4.26. The second-order valence-electron chi connectivity index (χ2n) is 5.42.